The van der Waals surface area contributed by atoms with Gasteiger partial charge in [0, 0.05) is 11.8 Å². The van der Waals surface area contributed by atoms with Crippen LogP contribution in [0, 0.1) is 5.92 Å². The van der Waals surface area contributed by atoms with Crippen LogP contribution in [-0.2, 0) is 4.79 Å². The number of hydrogen-bond donors (Lipinski definition) is 2. The largest absolute Gasteiger partial charge is 0.480 e. The van der Waals surface area contributed by atoms with Crippen LogP contribution < -0.4 is 5.32 Å². The number of thioether (sulfide) groups is 1. The molecule has 0 spiro atoms. The van der Waals surface area contributed by atoms with Gasteiger partial charge in [-0.05, 0) is 32.6 Å². The Bertz CT molecular complexity index is 358. The zero-order chi connectivity index (χ0) is 14.0. The topological polar surface area (TPSA) is 69.6 Å². The van der Waals surface area contributed by atoms with Crippen molar-refractivity contribution in [1.82, 2.24) is 10.2 Å². The second kappa shape index (κ2) is 6.03. The van der Waals surface area contributed by atoms with E-state index >= 15 is 0 Å². The maximum absolute atomic E-state index is 12.3. The van der Waals surface area contributed by atoms with Crippen LogP contribution in [0.1, 0.15) is 39.5 Å². The van der Waals surface area contributed by atoms with E-state index < -0.39 is 12.0 Å². The lowest BCUT2D eigenvalue weighted by Gasteiger charge is -2.29. The van der Waals surface area contributed by atoms with Gasteiger partial charge in [-0.2, -0.15) is 0 Å². The van der Waals surface area contributed by atoms with Crippen LogP contribution in [0.3, 0.4) is 0 Å². The number of aliphatic carboxylic acids is 1. The molecule has 5 nitrogen and oxygen atoms in total. The average Bonchev–Trinajstić information content (AvgIpc) is 2.96. The van der Waals surface area contributed by atoms with Gasteiger partial charge in [-0.3, -0.25) is 4.90 Å². The third-order valence-electron chi connectivity index (χ3n) is 4.20. The summed E-state index contributed by atoms with van der Waals surface area (Å²) >= 11 is 1.51. The van der Waals surface area contributed by atoms with Crippen molar-refractivity contribution in [3.8, 4) is 0 Å². The normalized spacial score (nSPS) is 29.5. The van der Waals surface area contributed by atoms with Gasteiger partial charge in [-0.25, -0.2) is 9.59 Å². The highest BCUT2D eigenvalue weighted by molar-refractivity contribution is 8.00. The predicted octanol–water partition coefficient (Wildman–Crippen LogP) is 2.12. The van der Waals surface area contributed by atoms with Crippen molar-refractivity contribution in [3.05, 3.63) is 0 Å². The van der Waals surface area contributed by atoms with Crippen LogP contribution in [0.25, 0.3) is 0 Å². The number of amides is 2. The van der Waals surface area contributed by atoms with Crippen molar-refractivity contribution >= 4 is 23.8 Å². The molecule has 1 heterocycles. The van der Waals surface area contributed by atoms with E-state index in [1.807, 2.05) is 13.8 Å². The van der Waals surface area contributed by atoms with Gasteiger partial charge in [0.25, 0.3) is 0 Å². The van der Waals surface area contributed by atoms with E-state index in [4.69, 9.17) is 5.11 Å². The molecule has 2 aliphatic rings. The number of carboxylic acid groups (broad SMARTS) is 1. The van der Waals surface area contributed by atoms with E-state index in [1.54, 1.807) is 0 Å². The molecule has 2 N–H and O–H groups in total. The Hall–Kier alpha value is -0.910. The monoisotopic (exact) mass is 286 g/mol. The van der Waals surface area contributed by atoms with Crippen LogP contribution in [0.2, 0.25) is 0 Å². The lowest BCUT2D eigenvalue weighted by atomic mass is 10.00. The highest BCUT2D eigenvalue weighted by atomic mass is 32.2. The molecule has 1 saturated carbocycles. The number of carboxylic acids is 1. The summed E-state index contributed by atoms with van der Waals surface area (Å²) in [6, 6.07) is -0.803. The van der Waals surface area contributed by atoms with Crippen molar-refractivity contribution in [1.29, 1.82) is 0 Å². The van der Waals surface area contributed by atoms with E-state index in [2.05, 4.69) is 5.32 Å². The van der Waals surface area contributed by atoms with Crippen LogP contribution in [0.4, 0.5) is 4.79 Å². The van der Waals surface area contributed by atoms with Crippen molar-refractivity contribution < 1.29 is 14.7 Å². The highest BCUT2D eigenvalue weighted by Gasteiger charge is 2.40. The fourth-order valence-corrected chi connectivity index (χ4v) is 4.15. The molecule has 1 aliphatic carbocycles. The minimum atomic E-state index is -0.916. The Labute approximate surface area is 118 Å². The molecule has 0 aromatic carbocycles. The van der Waals surface area contributed by atoms with Gasteiger partial charge in [0.2, 0.25) is 0 Å². The van der Waals surface area contributed by atoms with E-state index in [9.17, 15) is 9.59 Å². The maximum atomic E-state index is 12.3. The molecule has 2 amide bonds. The van der Waals surface area contributed by atoms with Crippen molar-refractivity contribution in [3.63, 3.8) is 0 Å². The van der Waals surface area contributed by atoms with Crippen LogP contribution >= 0.6 is 11.8 Å². The predicted molar refractivity (Wildman–Crippen MR) is 75.1 cm³/mol. The molecule has 108 valence electrons. The van der Waals surface area contributed by atoms with E-state index in [-0.39, 0.29) is 17.4 Å². The van der Waals surface area contributed by atoms with Gasteiger partial charge < -0.3 is 10.4 Å². The van der Waals surface area contributed by atoms with Crippen molar-refractivity contribution in [2.24, 2.45) is 5.92 Å². The second-order valence-corrected chi connectivity index (χ2v) is 6.83. The molecule has 6 heteroatoms. The number of rotatable bonds is 3. The number of hydrogen-bond acceptors (Lipinski definition) is 3. The number of nitrogens with zero attached hydrogens (tertiary/aromatic N) is 1. The molecule has 0 aromatic heterocycles. The van der Waals surface area contributed by atoms with Crippen LogP contribution in [0.5, 0.6) is 0 Å². The summed E-state index contributed by atoms with van der Waals surface area (Å²) in [6.07, 6.45) is 4.79. The minimum Gasteiger partial charge on any atom is -0.480 e. The fraction of sp³-hybridized carbons (Fsp3) is 0.846. The third kappa shape index (κ3) is 3.16. The molecular formula is C13H22N2O3S. The van der Waals surface area contributed by atoms with E-state index in [0.717, 1.165) is 12.8 Å². The average molecular weight is 286 g/mol. The smallest absolute Gasteiger partial charge is 0.327 e. The molecule has 3 atom stereocenters. The van der Waals surface area contributed by atoms with Gasteiger partial charge in [-0.15, -0.1) is 11.8 Å². The standard InChI is InChI=1S/C13H22N2O3S/c1-8(10-5-3-4-6-10)14-13(18)15-9(2)19-7-11(15)12(16)17/h8-11H,3-7H2,1-2H3,(H,14,18)(H,16,17). The first kappa shape index (κ1) is 14.5. The fourth-order valence-electron chi connectivity index (χ4n) is 2.99. The molecule has 0 bridgehead atoms. The maximum Gasteiger partial charge on any atom is 0.327 e. The zero-order valence-electron chi connectivity index (χ0n) is 11.5. The zero-order valence-corrected chi connectivity index (χ0v) is 12.3. The Balaban J connectivity index is 1.95. The first-order chi connectivity index (χ1) is 9.00. The molecule has 2 fully saturated rings. The van der Waals surface area contributed by atoms with Gasteiger partial charge in [0.15, 0.2) is 0 Å². The molecule has 2 rings (SSSR count). The molecule has 1 saturated heterocycles. The summed E-state index contributed by atoms with van der Waals surface area (Å²) in [5.74, 6) is 0.0974. The summed E-state index contributed by atoms with van der Waals surface area (Å²) in [5.41, 5.74) is 0. The molecule has 19 heavy (non-hydrogen) atoms. The SMILES string of the molecule is CC(NC(=O)N1C(C)SCC1C(=O)O)C1CCCC1. The van der Waals surface area contributed by atoms with Gasteiger partial charge in [-0.1, -0.05) is 12.8 Å². The Morgan fingerprint density at radius 2 is 2.00 bits per heavy atom. The lowest BCUT2D eigenvalue weighted by molar-refractivity contribution is -0.141. The first-order valence-electron chi connectivity index (χ1n) is 6.94. The molecule has 3 unspecified atom stereocenters. The number of carbonyl (C=O) groups is 2. The van der Waals surface area contributed by atoms with Gasteiger partial charge in [0.1, 0.15) is 6.04 Å². The molecule has 1 aliphatic heterocycles. The number of carbonyl (C=O) groups excluding carboxylic acids is 1. The summed E-state index contributed by atoms with van der Waals surface area (Å²) in [7, 11) is 0. The number of urea groups is 1. The second-order valence-electron chi connectivity index (χ2n) is 5.48. The van der Waals surface area contributed by atoms with Crippen LogP contribution in [0.15, 0.2) is 0 Å². The lowest BCUT2D eigenvalue weighted by Crippen LogP contribution is -2.52. The van der Waals surface area contributed by atoms with Crippen molar-refractivity contribution in [2.75, 3.05) is 5.75 Å². The molecule has 0 radical (unpaired) electrons. The van der Waals surface area contributed by atoms with Crippen molar-refractivity contribution in [2.45, 2.75) is 57.0 Å². The van der Waals surface area contributed by atoms with Gasteiger partial charge in [0.05, 0.1) is 5.37 Å². The highest BCUT2D eigenvalue weighted by Crippen LogP contribution is 2.30. The molecular weight excluding hydrogens is 264 g/mol. The molecule has 0 aromatic rings. The van der Waals surface area contributed by atoms with E-state index in [0.29, 0.717) is 11.7 Å². The van der Waals surface area contributed by atoms with E-state index in [1.165, 1.54) is 29.5 Å². The Morgan fingerprint density at radius 3 is 2.58 bits per heavy atom. The Kier molecular flexibility index (Phi) is 4.60. The number of nitrogens with one attached hydrogen (secondary N) is 1. The third-order valence-corrected chi connectivity index (χ3v) is 5.42. The summed E-state index contributed by atoms with van der Waals surface area (Å²) in [6.45, 7) is 3.91. The minimum absolute atomic E-state index is 0.0723. The first-order valence-corrected chi connectivity index (χ1v) is 7.99. The van der Waals surface area contributed by atoms with Crippen LogP contribution in [-0.4, -0.2) is 45.2 Å². The summed E-state index contributed by atoms with van der Waals surface area (Å²) < 4.78 is 0. The van der Waals surface area contributed by atoms with Gasteiger partial charge >= 0.3 is 12.0 Å². The Morgan fingerprint density at radius 1 is 1.37 bits per heavy atom. The summed E-state index contributed by atoms with van der Waals surface area (Å²) in [5, 5.41) is 12.1. The quantitative estimate of drug-likeness (QED) is 0.834. The summed E-state index contributed by atoms with van der Waals surface area (Å²) in [4.78, 5) is 24.9.